The van der Waals surface area contributed by atoms with Gasteiger partial charge in [0.05, 0.1) is 28.7 Å². The molecule has 1 aromatic rings. The average molecular weight is 289 g/mol. The molecule has 15 heavy (non-hydrogen) atoms. The van der Waals surface area contributed by atoms with Crippen LogP contribution in [0.1, 0.15) is 16.2 Å². The smallest absolute Gasteiger partial charge is 0.283 e. The lowest BCUT2D eigenvalue weighted by molar-refractivity contribution is -0.172. The first-order valence-electron chi connectivity index (χ1n) is 4.72. The lowest BCUT2D eigenvalue weighted by Crippen LogP contribution is -2.72. The van der Waals surface area contributed by atoms with E-state index >= 15 is 0 Å². The molecular weight excluding hydrogens is 280 g/mol. The number of likely N-dealkylation sites (tertiary alicyclic amines) is 1. The zero-order valence-corrected chi connectivity index (χ0v) is 10.3. The molecule has 0 saturated carbocycles. The number of halogens is 1. The van der Waals surface area contributed by atoms with Gasteiger partial charge in [0.25, 0.3) is 5.91 Å². The largest absolute Gasteiger partial charge is 0.376 e. The fourth-order valence-corrected chi connectivity index (χ4v) is 3.12. The van der Waals surface area contributed by atoms with Crippen LogP contribution < -0.4 is 0 Å². The molecule has 1 spiro atoms. The molecular formula is C9H9BrN2O2S. The molecule has 1 aromatic heterocycles. The van der Waals surface area contributed by atoms with E-state index < -0.39 is 0 Å². The SMILES string of the molecule is O=C(c1ncc(Br)s1)N1CCC12COC2. The summed E-state index contributed by atoms with van der Waals surface area (Å²) < 4.78 is 6.08. The van der Waals surface area contributed by atoms with Gasteiger partial charge in [0.2, 0.25) is 0 Å². The molecule has 0 atom stereocenters. The molecule has 3 heterocycles. The Bertz CT molecular complexity index is 410. The Kier molecular flexibility index (Phi) is 2.12. The van der Waals surface area contributed by atoms with E-state index in [9.17, 15) is 4.79 Å². The molecule has 0 unspecified atom stereocenters. The molecule has 2 aliphatic heterocycles. The number of hydrogen-bond donors (Lipinski definition) is 0. The summed E-state index contributed by atoms with van der Waals surface area (Å²) in [6.45, 7) is 2.20. The Morgan fingerprint density at radius 1 is 1.67 bits per heavy atom. The zero-order chi connectivity index (χ0) is 10.5. The maximum absolute atomic E-state index is 12.0. The summed E-state index contributed by atoms with van der Waals surface area (Å²) in [4.78, 5) is 18.0. The van der Waals surface area contributed by atoms with Gasteiger partial charge in [-0.3, -0.25) is 4.79 Å². The molecule has 2 saturated heterocycles. The van der Waals surface area contributed by atoms with Crippen molar-refractivity contribution in [2.75, 3.05) is 19.8 Å². The standard InChI is InChI=1S/C9H9BrN2O2S/c10-6-3-11-7(15-6)8(13)12-2-1-9(12)4-14-5-9/h3H,1-2,4-5H2. The number of aromatic nitrogens is 1. The number of carbonyl (C=O) groups is 1. The van der Waals surface area contributed by atoms with Crippen LogP contribution in [0.2, 0.25) is 0 Å². The van der Waals surface area contributed by atoms with Gasteiger partial charge < -0.3 is 9.64 Å². The Morgan fingerprint density at radius 3 is 2.87 bits per heavy atom. The van der Waals surface area contributed by atoms with Crippen LogP contribution in [0.5, 0.6) is 0 Å². The van der Waals surface area contributed by atoms with Crippen LogP contribution >= 0.6 is 27.3 Å². The number of nitrogens with zero attached hydrogens (tertiary/aromatic N) is 2. The topological polar surface area (TPSA) is 42.4 Å². The molecule has 1 amide bonds. The number of amides is 1. The first-order valence-corrected chi connectivity index (χ1v) is 6.33. The number of carbonyl (C=O) groups excluding carboxylic acids is 1. The molecule has 0 radical (unpaired) electrons. The molecule has 0 aromatic carbocycles. The van der Waals surface area contributed by atoms with E-state index in [2.05, 4.69) is 20.9 Å². The molecule has 6 heteroatoms. The van der Waals surface area contributed by atoms with Crippen LogP contribution in [-0.4, -0.2) is 41.1 Å². The minimum absolute atomic E-state index is 0.00916. The Morgan fingerprint density at radius 2 is 2.47 bits per heavy atom. The molecule has 0 N–H and O–H groups in total. The van der Waals surface area contributed by atoms with Crippen molar-refractivity contribution in [2.24, 2.45) is 0 Å². The Labute approximate surface area is 99.4 Å². The highest BCUT2D eigenvalue weighted by atomic mass is 79.9. The monoisotopic (exact) mass is 288 g/mol. The molecule has 4 nitrogen and oxygen atoms in total. The second-order valence-electron chi connectivity index (χ2n) is 3.89. The molecule has 80 valence electrons. The first kappa shape index (κ1) is 9.74. The molecule has 2 aliphatic rings. The van der Waals surface area contributed by atoms with E-state index in [1.54, 1.807) is 6.20 Å². The van der Waals surface area contributed by atoms with Gasteiger partial charge in [0, 0.05) is 6.54 Å². The average Bonchev–Trinajstić information content (AvgIpc) is 2.47. The van der Waals surface area contributed by atoms with E-state index in [0.29, 0.717) is 18.2 Å². The lowest BCUT2D eigenvalue weighted by atomic mass is 9.83. The number of hydrogen-bond acceptors (Lipinski definition) is 4. The maximum Gasteiger partial charge on any atom is 0.283 e. The fraction of sp³-hybridized carbons (Fsp3) is 0.556. The normalized spacial score (nSPS) is 22.3. The highest BCUT2D eigenvalue weighted by molar-refractivity contribution is 9.11. The summed E-state index contributed by atoms with van der Waals surface area (Å²) in [6.07, 6.45) is 2.73. The quantitative estimate of drug-likeness (QED) is 0.787. The van der Waals surface area contributed by atoms with Gasteiger partial charge in [-0.2, -0.15) is 0 Å². The molecule has 0 bridgehead atoms. The van der Waals surface area contributed by atoms with Crippen LogP contribution in [0, 0.1) is 0 Å². The summed E-state index contributed by atoms with van der Waals surface area (Å²) in [6, 6.07) is 0. The summed E-state index contributed by atoms with van der Waals surface area (Å²) in [5.41, 5.74) is 0.00916. The van der Waals surface area contributed by atoms with Crippen molar-refractivity contribution in [1.29, 1.82) is 0 Å². The van der Waals surface area contributed by atoms with Gasteiger partial charge in [-0.1, -0.05) is 0 Å². The molecule has 2 fully saturated rings. The van der Waals surface area contributed by atoms with Gasteiger partial charge >= 0.3 is 0 Å². The fourth-order valence-electron chi connectivity index (χ4n) is 1.96. The van der Waals surface area contributed by atoms with E-state index in [-0.39, 0.29) is 11.4 Å². The zero-order valence-electron chi connectivity index (χ0n) is 7.90. The Balaban J connectivity index is 1.80. The highest BCUT2D eigenvalue weighted by Crippen LogP contribution is 2.38. The maximum atomic E-state index is 12.0. The summed E-state index contributed by atoms with van der Waals surface area (Å²) in [7, 11) is 0. The number of ether oxygens (including phenoxy) is 1. The third-order valence-electron chi connectivity index (χ3n) is 3.02. The van der Waals surface area contributed by atoms with Crippen molar-refractivity contribution >= 4 is 33.2 Å². The second-order valence-corrected chi connectivity index (χ2v) is 6.30. The molecule has 0 aliphatic carbocycles. The predicted molar refractivity (Wildman–Crippen MR) is 59.0 cm³/mol. The predicted octanol–water partition coefficient (Wildman–Crippen LogP) is 1.52. The van der Waals surface area contributed by atoms with Gasteiger partial charge in [-0.05, 0) is 22.4 Å². The third-order valence-corrected chi connectivity index (χ3v) is 4.48. The van der Waals surface area contributed by atoms with Gasteiger partial charge in [-0.15, -0.1) is 11.3 Å². The van der Waals surface area contributed by atoms with Gasteiger partial charge in [-0.25, -0.2) is 4.98 Å². The molecule has 3 rings (SSSR count). The van der Waals surface area contributed by atoms with Gasteiger partial charge in [0.15, 0.2) is 5.01 Å². The highest BCUT2D eigenvalue weighted by Gasteiger charge is 2.53. The van der Waals surface area contributed by atoms with Crippen molar-refractivity contribution in [3.8, 4) is 0 Å². The summed E-state index contributed by atoms with van der Waals surface area (Å²) >= 11 is 4.69. The van der Waals surface area contributed by atoms with Crippen molar-refractivity contribution in [3.63, 3.8) is 0 Å². The van der Waals surface area contributed by atoms with E-state index in [1.165, 1.54) is 11.3 Å². The van der Waals surface area contributed by atoms with Crippen LogP contribution in [0.25, 0.3) is 0 Å². The van der Waals surface area contributed by atoms with Gasteiger partial charge in [0.1, 0.15) is 0 Å². The van der Waals surface area contributed by atoms with Crippen LogP contribution in [0.4, 0.5) is 0 Å². The lowest BCUT2D eigenvalue weighted by Gasteiger charge is -2.57. The van der Waals surface area contributed by atoms with Crippen LogP contribution in [-0.2, 0) is 4.74 Å². The first-order chi connectivity index (χ1) is 7.21. The number of rotatable bonds is 1. The van der Waals surface area contributed by atoms with Crippen LogP contribution in [0.15, 0.2) is 9.98 Å². The minimum atomic E-state index is 0.00916. The van der Waals surface area contributed by atoms with Crippen molar-refractivity contribution in [1.82, 2.24) is 9.88 Å². The summed E-state index contributed by atoms with van der Waals surface area (Å²) in [5, 5.41) is 0.563. The Hall–Kier alpha value is -0.460. The van der Waals surface area contributed by atoms with E-state index in [1.807, 2.05) is 4.90 Å². The van der Waals surface area contributed by atoms with E-state index in [4.69, 9.17) is 4.74 Å². The number of thiazole rings is 1. The van der Waals surface area contributed by atoms with Crippen LogP contribution in [0.3, 0.4) is 0 Å². The van der Waals surface area contributed by atoms with E-state index in [0.717, 1.165) is 16.8 Å². The second kappa shape index (κ2) is 3.26. The van der Waals surface area contributed by atoms with Crippen molar-refractivity contribution in [3.05, 3.63) is 15.0 Å². The minimum Gasteiger partial charge on any atom is -0.376 e. The third kappa shape index (κ3) is 1.35. The van der Waals surface area contributed by atoms with Crippen molar-refractivity contribution < 1.29 is 9.53 Å². The van der Waals surface area contributed by atoms with Crippen molar-refractivity contribution in [2.45, 2.75) is 12.0 Å². The summed E-state index contributed by atoms with van der Waals surface area (Å²) in [5.74, 6) is 0.0419.